The van der Waals surface area contributed by atoms with E-state index in [1.165, 1.54) is 11.9 Å². The van der Waals surface area contributed by atoms with Crippen molar-refractivity contribution in [3.8, 4) is 0 Å². The molecule has 0 saturated carbocycles. The number of aryl methyl sites for hydroxylation is 2. The number of aromatic nitrogens is 3. The molecule has 13 nitrogen and oxygen atoms in total. The molecule has 1 aromatic heterocycles. The van der Waals surface area contributed by atoms with E-state index in [0.29, 0.717) is 11.9 Å². The molecular weight excluding hydrogens is 504 g/mol. The summed E-state index contributed by atoms with van der Waals surface area (Å²) in [7, 11) is 3.26. The molecular formula is C26H32N8O5. The lowest BCUT2D eigenvalue weighted by atomic mass is 10.0. The maximum absolute atomic E-state index is 13.6. The number of benzene rings is 2. The molecule has 2 aromatic carbocycles. The summed E-state index contributed by atoms with van der Waals surface area (Å²) < 4.78 is 1.65. The van der Waals surface area contributed by atoms with Crippen molar-refractivity contribution < 1.29 is 24.3 Å². The second-order valence-electron chi connectivity index (χ2n) is 9.44. The normalized spacial score (nSPS) is 17.4. The lowest BCUT2D eigenvalue weighted by molar-refractivity contribution is -0.140. The molecule has 4 rings (SSSR count). The first-order valence-electron chi connectivity index (χ1n) is 12.6. The molecule has 0 spiro atoms. The number of hydrogen-bond donors (Lipinski definition) is 5. The Morgan fingerprint density at radius 3 is 2.59 bits per heavy atom. The molecule has 1 saturated heterocycles. The average molecular weight is 537 g/mol. The van der Waals surface area contributed by atoms with Crippen LogP contribution in [0.4, 0.5) is 9.59 Å². The van der Waals surface area contributed by atoms with Gasteiger partial charge in [0.1, 0.15) is 17.6 Å². The number of nitrogens with one attached hydrogen (secondary N) is 4. The number of carbonyl (C=O) groups excluding carboxylic acids is 3. The standard InChI is InChI=1S/C26H32N8O5/c1-27-25(37)29-18-13-22(23(35)28-14-17-9-11-21-20(12-17)31-32-33(21)2)34(15-18)24(36)19(30-26(38)39)10-8-16-6-4-3-5-7-16/h3-7,9,11-12,18-19,22,30H,8,10,13-15H2,1-2H3,(H,28,35)(H,38,39)(H2,27,29,37)/t18-,19+,22-/m0/s1. The van der Waals surface area contributed by atoms with E-state index < -0.39 is 42.1 Å². The van der Waals surface area contributed by atoms with Gasteiger partial charge in [-0.3, -0.25) is 9.59 Å². The molecule has 1 aliphatic rings. The molecule has 0 unspecified atom stereocenters. The molecule has 0 aliphatic carbocycles. The highest BCUT2D eigenvalue weighted by Crippen LogP contribution is 2.21. The second-order valence-corrected chi connectivity index (χ2v) is 9.44. The molecule has 0 radical (unpaired) electrons. The van der Waals surface area contributed by atoms with Crippen LogP contribution in [0.2, 0.25) is 0 Å². The first-order valence-corrected chi connectivity index (χ1v) is 12.6. The van der Waals surface area contributed by atoms with Crippen LogP contribution in [0.15, 0.2) is 48.5 Å². The summed E-state index contributed by atoms with van der Waals surface area (Å²) in [6.45, 7) is 0.265. The van der Waals surface area contributed by atoms with Crippen LogP contribution in [0.5, 0.6) is 0 Å². The summed E-state index contributed by atoms with van der Waals surface area (Å²) in [6, 6.07) is 12.1. The van der Waals surface area contributed by atoms with Crippen molar-refractivity contribution in [1.82, 2.24) is 41.2 Å². The van der Waals surface area contributed by atoms with Crippen molar-refractivity contribution in [3.05, 3.63) is 59.7 Å². The largest absolute Gasteiger partial charge is 0.465 e. The van der Waals surface area contributed by atoms with Crippen molar-refractivity contribution in [2.75, 3.05) is 13.6 Å². The van der Waals surface area contributed by atoms with Gasteiger partial charge in [0.25, 0.3) is 0 Å². The number of fused-ring (bicyclic) bond motifs is 1. The molecule has 3 aromatic rings. The number of carbonyl (C=O) groups is 4. The van der Waals surface area contributed by atoms with Crippen LogP contribution in [-0.4, -0.2) is 80.7 Å². The highest BCUT2D eigenvalue weighted by atomic mass is 16.4. The van der Waals surface area contributed by atoms with Crippen LogP contribution in [0.25, 0.3) is 11.0 Å². The van der Waals surface area contributed by atoms with Gasteiger partial charge in [0.15, 0.2) is 0 Å². The summed E-state index contributed by atoms with van der Waals surface area (Å²) in [6.07, 6.45) is -0.466. The highest BCUT2D eigenvalue weighted by Gasteiger charge is 2.42. The predicted octanol–water partition coefficient (Wildman–Crippen LogP) is 0.752. The van der Waals surface area contributed by atoms with Crippen molar-refractivity contribution in [3.63, 3.8) is 0 Å². The molecule has 39 heavy (non-hydrogen) atoms. The van der Waals surface area contributed by atoms with E-state index in [9.17, 15) is 24.3 Å². The Morgan fingerprint density at radius 1 is 1.10 bits per heavy atom. The Labute approximate surface area is 224 Å². The molecule has 206 valence electrons. The number of likely N-dealkylation sites (tertiary alicyclic amines) is 1. The third-order valence-corrected chi connectivity index (χ3v) is 6.75. The van der Waals surface area contributed by atoms with Gasteiger partial charge < -0.3 is 31.3 Å². The van der Waals surface area contributed by atoms with Crippen LogP contribution in [0.3, 0.4) is 0 Å². The van der Waals surface area contributed by atoms with E-state index in [1.807, 2.05) is 48.5 Å². The number of urea groups is 1. The SMILES string of the molecule is CNC(=O)N[C@H]1C[C@@H](C(=O)NCc2ccc3c(c2)nnn3C)N(C(=O)[C@@H](CCc2ccccc2)NC(=O)O)C1. The summed E-state index contributed by atoms with van der Waals surface area (Å²) in [5.41, 5.74) is 3.31. The Hall–Kier alpha value is -4.68. The van der Waals surface area contributed by atoms with Crippen molar-refractivity contribution >= 4 is 35.0 Å². The molecule has 3 atom stereocenters. The fourth-order valence-electron chi connectivity index (χ4n) is 4.76. The number of nitrogens with zero attached hydrogens (tertiary/aromatic N) is 4. The van der Waals surface area contributed by atoms with E-state index in [2.05, 4.69) is 31.6 Å². The minimum absolute atomic E-state index is 0.0685. The smallest absolute Gasteiger partial charge is 0.405 e. The summed E-state index contributed by atoms with van der Waals surface area (Å²) in [4.78, 5) is 51.8. The summed E-state index contributed by atoms with van der Waals surface area (Å²) >= 11 is 0. The molecule has 0 bridgehead atoms. The molecule has 2 heterocycles. The number of carboxylic acid groups (broad SMARTS) is 1. The van der Waals surface area contributed by atoms with E-state index in [4.69, 9.17) is 0 Å². The molecule has 1 aliphatic heterocycles. The Balaban J connectivity index is 1.49. The highest BCUT2D eigenvalue weighted by molar-refractivity contribution is 5.92. The van der Waals surface area contributed by atoms with Gasteiger partial charge in [0.05, 0.1) is 11.6 Å². The molecule has 1 fully saturated rings. The fraction of sp³-hybridized carbons (Fsp3) is 0.385. The number of amides is 5. The first kappa shape index (κ1) is 27.4. The van der Waals surface area contributed by atoms with Crippen molar-refractivity contribution in [2.45, 2.75) is 43.9 Å². The van der Waals surface area contributed by atoms with E-state index in [0.717, 1.165) is 16.6 Å². The minimum atomic E-state index is -1.33. The lowest BCUT2D eigenvalue weighted by Gasteiger charge is -2.28. The van der Waals surface area contributed by atoms with Gasteiger partial charge in [-0.05, 0) is 42.5 Å². The third kappa shape index (κ3) is 6.80. The van der Waals surface area contributed by atoms with Gasteiger partial charge >= 0.3 is 12.1 Å². The zero-order chi connectivity index (χ0) is 27.9. The van der Waals surface area contributed by atoms with Crippen molar-refractivity contribution in [2.24, 2.45) is 7.05 Å². The monoisotopic (exact) mass is 536 g/mol. The average Bonchev–Trinajstić information content (AvgIpc) is 3.52. The molecule has 13 heteroatoms. The Bertz CT molecular complexity index is 1340. The minimum Gasteiger partial charge on any atom is -0.465 e. The molecule has 5 N–H and O–H groups in total. The number of hydrogen-bond acceptors (Lipinski definition) is 6. The number of rotatable bonds is 9. The van der Waals surface area contributed by atoms with Crippen LogP contribution in [-0.2, 0) is 29.6 Å². The fourth-order valence-corrected chi connectivity index (χ4v) is 4.76. The van der Waals surface area contributed by atoms with Gasteiger partial charge in [0.2, 0.25) is 11.8 Å². The van der Waals surface area contributed by atoms with Crippen LogP contribution < -0.4 is 21.3 Å². The first-order chi connectivity index (χ1) is 18.7. The third-order valence-electron chi connectivity index (χ3n) is 6.75. The zero-order valence-corrected chi connectivity index (χ0v) is 21.8. The second kappa shape index (κ2) is 12.2. The van der Waals surface area contributed by atoms with Gasteiger partial charge in [-0.25, -0.2) is 14.3 Å². The summed E-state index contributed by atoms with van der Waals surface area (Å²) in [5, 5.41) is 27.9. The zero-order valence-electron chi connectivity index (χ0n) is 21.8. The van der Waals surface area contributed by atoms with E-state index in [-0.39, 0.29) is 25.9 Å². The molecule has 5 amide bonds. The van der Waals surface area contributed by atoms with Gasteiger partial charge in [0, 0.05) is 27.2 Å². The lowest BCUT2D eigenvalue weighted by Crippen LogP contribution is -2.53. The Kier molecular flexibility index (Phi) is 8.59. The quantitative estimate of drug-likeness (QED) is 0.269. The maximum atomic E-state index is 13.6. The van der Waals surface area contributed by atoms with E-state index in [1.54, 1.807) is 11.7 Å². The van der Waals surface area contributed by atoms with Crippen LogP contribution in [0.1, 0.15) is 24.0 Å². The topological polar surface area (TPSA) is 171 Å². The van der Waals surface area contributed by atoms with Gasteiger partial charge in [-0.15, -0.1) is 5.10 Å². The predicted molar refractivity (Wildman–Crippen MR) is 142 cm³/mol. The van der Waals surface area contributed by atoms with E-state index >= 15 is 0 Å². The Morgan fingerprint density at radius 2 is 1.87 bits per heavy atom. The van der Waals surface area contributed by atoms with Gasteiger partial charge in [-0.2, -0.15) is 0 Å². The summed E-state index contributed by atoms with van der Waals surface area (Å²) in [5.74, 6) is -0.920. The van der Waals surface area contributed by atoms with Gasteiger partial charge in [-0.1, -0.05) is 41.6 Å². The maximum Gasteiger partial charge on any atom is 0.405 e. The van der Waals surface area contributed by atoms with Crippen LogP contribution >= 0.6 is 0 Å². The van der Waals surface area contributed by atoms with Crippen molar-refractivity contribution in [1.29, 1.82) is 0 Å². The van der Waals surface area contributed by atoms with Crippen LogP contribution in [0, 0.1) is 0 Å².